The first-order valence-electron chi connectivity index (χ1n) is 3.47. The number of nitro groups is 1. The van der Waals surface area contributed by atoms with E-state index in [1.54, 1.807) is 0 Å². The van der Waals surface area contributed by atoms with Crippen molar-refractivity contribution < 1.29 is 4.92 Å². The van der Waals surface area contributed by atoms with Gasteiger partial charge in [0.05, 0.1) is 4.92 Å². The zero-order chi connectivity index (χ0) is 8.10. The fourth-order valence-corrected chi connectivity index (χ4v) is 0.904. The highest BCUT2D eigenvalue weighted by Gasteiger charge is 1.93. The lowest BCUT2D eigenvalue weighted by atomic mass is 10.1. The largest absolute Gasteiger partial charge is 0.259 e. The van der Waals surface area contributed by atoms with Crippen molar-refractivity contribution in [3.63, 3.8) is 0 Å². The molecule has 0 saturated carbocycles. The van der Waals surface area contributed by atoms with Gasteiger partial charge in [0.2, 0.25) is 6.20 Å². The smallest absolute Gasteiger partial charge is 0.235 e. The van der Waals surface area contributed by atoms with Crippen molar-refractivity contribution >= 4 is 0 Å². The molecule has 1 rings (SSSR count). The maximum atomic E-state index is 9.91. The molecule has 0 fully saturated rings. The highest BCUT2D eigenvalue weighted by atomic mass is 16.6. The minimum atomic E-state index is -0.455. The molecular weight excluding hydrogens is 142 g/mol. The van der Waals surface area contributed by atoms with E-state index < -0.39 is 4.92 Å². The number of hydrogen-bond acceptors (Lipinski definition) is 2. The first-order chi connectivity index (χ1) is 5.29. The Morgan fingerprint density at radius 3 is 2.91 bits per heavy atom. The lowest BCUT2D eigenvalue weighted by Gasteiger charge is -1.98. The van der Waals surface area contributed by atoms with Gasteiger partial charge in [0.25, 0.3) is 0 Å². The minimum Gasteiger partial charge on any atom is -0.259 e. The molecule has 0 aromatic carbocycles. The molecule has 0 amide bonds. The summed E-state index contributed by atoms with van der Waals surface area (Å²) in [5, 5.41) is 9.91. The quantitative estimate of drug-likeness (QED) is 0.447. The molecule has 0 unspecified atom stereocenters. The van der Waals surface area contributed by atoms with Gasteiger partial charge in [-0.2, -0.15) is 0 Å². The van der Waals surface area contributed by atoms with E-state index in [2.05, 4.69) is 0 Å². The Morgan fingerprint density at radius 1 is 1.55 bits per heavy atom. The molecule has 0 aromatic heterocycles. The summed E-state index contributed by atoms with van der Waals surface area (Å²) in [6.45, 7) is 0. The number of nitrogens with zero attached hydrogens (tertiary/aromatic N) is 1. The molecule has 0 spiro atoms. The van der Waals surface area contributed by atoms with E-state index in [9.17, 15) is 10.1 Å². The molecule has 0 aromatic rings. The summed E-state index contributed by atoms with van der Waals surface area (Å²) < 4.78 is 0. The van der Waals surface area contributed by atoms with Crippen LogP contribution in [-0.2, 0) is 0 Å². The summed E-state index contributed by atoms with van der Waals surface area (Å²) in [4.78, 5) is 9.45. The standard InChI is InChI=1S/C8H9NO2/c10-9(11)7-6-8-4-2-1-3-5-8/h2,4-7H,1,3H2. The number of rotatable bonds is 2. The zero-order valence-electron chi connectivity index (χ0n) is 6.06. The van der Waals surface area contributed by atoms with Gasteiger partial charge < -0.3 is 0 Å². The topological polar surface area (TPSA) is 43.1 Å². The second-order valence-electron chi connectivity index (χ2n) is 2.28. The molecule has 0 N–H and O–H groups in total. The van der Waals surface area contributed by atoms with Crippen LogP contribution >= 0.6 is 0 Å². The van der Waals surface area contributed by atoms with Gasteiger partial charge in [-0.15, -0.1) is 0 Å². The molecule has 58 valence electrons. The fraction of sp³-hybridized carbons (Fsp3) is 0.250. The van der Waals surface area contributed by atoms with Crippen molar-refractivity contribution in [1.29, 1.82) is 0 Å². The molecule has 11 heavy (non-hydrogen) atoms. The second kappa shape index (κ2) is 3.71. The van der Waals surface area contributed by atoms with Gasteiger partial charge in [-0.05, 0) is 18.4 Å². The molecular formula is C8H9NO2. The lowest BCUT2D eigenvalue weighted by molar-refractivity contribution is -0.402. The van der Waals surface area contributed by atoms with Crippen LogP contribution in [0.5, 0.6) is 0 Å². The van der Waals surface area contributed by atoms with Crippen molar-refractivity contribution in [3.05, 3.63) is 46.2 Å². The number of allylic oxidation sites excluding steroid dienone is 5. The van der Waals surface area contributed by atoms with E-state index in [-0.39, 0.29) is 0 Å². The molecule has 0 heterocycles. The molecule has 0 atom stereocenters. The summed E-state index contributed by atoms with van der Waals surface area (Å²) >= 11 is 0. The third-order valence-corrected chi connectivity index (χ3v) is 1.41. The Labute approximate surface area is 64.9 Å². The normalized spacial score (nSPS) is 16.9. The Hall–Kier alpha value is -1.38. The average molecular weight is 151 g/mol. The molecule has 3 nitrogen and oxygen atoms in total. The monoisotopic (exact) mass is 151 g/mol. The first kappa shape index (κ1) is 7.72. The summed E-state index contributed by atoms with van der Waals surface area (Å²) in [7, 11) is 0. The third kappa shape index (κ3) is 2.80. The van der Waals surface area contributed by atoms with Crippen molar-refractivity contribution in [1.82, 2.24) is 0 Å². The van der Waals surface area contributed by atoms with Gasteiger partial charge in [-0.25, -0.2) is 0 Å². The van der Waals surface area contributed by atoms with E-state index in [0.29, 0.717) is 0 Å². The van der Waals surface area contributed by atoms with Crippen LogP contribution in [0.15, 0.2) is 36.1 Å². The van der Waals surface area contributed by atoms with Crippen molar-refractivity contribution in [2.75, 3.05) is 0 Å². The van der Waals surface area contributed by atoms with E-state index >= 15 is 0 Å². The van der Waals surface area contributed by atoms with Gasteiger partial charge in [-0.3, -0.25) is 10.1 Å². The Morgan fingerprint density at radius 2 is 2.36 bits per heavy atom. The van der Waals surface area contributed by atoms with Crippen LogP contribution < -0.4 is 0 Å². The maximum absolute atomic E-state index is 9.91. The van der Waals surface area contributed by atoms with Crippen LogP contribution in [-0.4, -0.2) is 4.92 Å². The lowest BCUT2D eigenvalue weighted by Crippen LogP contribution is -1.85. The van der Waals surface area contributed by atoms with Crippen LogP contribution in [0.25, 0.3) is 0 Å². The summed E-state index contributed by atoms with van der Waals surface area (Å²) in [5.41, 5.74) is 0.924. The summed E-state index contributed by atoms with van der Waals surface area (Å²) in [6.07, 6.45) is 10.4. The van der Waals surface area contributed by atoms with E-state index in [1.165, 1.54) is 6.08 Å². The predicted molar refractivity (Wildman–Crippen MR) is 42.6 cm³/mol. The highest BCUT2D eigenvalue weighted by molar-refractivity contribution is 5.31. The van der Waals surface area contributed by atoms with E-state index in [4.69, 9.17) is 0 Å². The van der Waals surface area contributed by atoms with Gasteiger partial charge in [0.1, 0.15) is 0 Å². The Kier molecular flexibility index (Phi) is 2.60. The number of hydrogen-bond donors (Lipinski definition) is 0. The van der Waals surface area contributed by atoms with Crippen LogP contribution in [0.1, 0.15) is 12.8 Å². The fourth-order valence-electron chi connectivity index (χ4n) is 0.904. The van der Waals surface area contributed by atoms with Gasteiger partial charge in [0, 0.05) is 6.08 Å². The molecule has 0 saturated heterocycles. The van der Waals surface area contributed by atoms with E-state index in [0.717, 1.165) is 24.6 Å². The van der Waals surface area contributed by atoms with Gasteiger partial charge in [0.15, 0.2) is 0 Å². The van der Waals surface area contributed by atoms with Crippen molar-refractivity contribution in [3.8, 4) is 0 Å². The van der Waals surface area contributed by atoms with Crippen molar-refractivity contribution in [2.45, 2.75) is 12.8 Å². The van der Waals surface area contributed by atoms with Gasteiger partial charge >= 0.3 is 0 Å². The van der Waals surface area contributed by atoms with Crippen LogP contribution in [0.2, 0.25) is 0 Å². The summed E-state index contributed by atoms with van der Waals surface area (Å²) in [5.74, 6) is 0. The molecule has 1 aliphatic carbocycles. The Bertz CT molecular complexity index is 238. The van der Waals surface area contributed by atoms with Crippen molar-refractivity contribution in [2.24, 2.45) is 0 Å². The van der Waals surface area contributed by atoms with Crippen LogP contribution in [0.3, 0.4) is 0 Å². The summed E-state index contributed by atoms with van der Waals surface area (Å²) in [6, 6.07) is 0. The maximum Gasteiger partial charge on any atom is 0.235 e. The average Bonchev–Trinajstić information content (AvgIpc) is 2.03. The van der Waals surface area contributed by atoms with Gasteiger partial charge in [-0.1, -0.05) is 18.2 Å². The molecule has 1 aliphatic rings. The first-order valence-corrected chi connectivity index (χ1v) is 3.47. The van der Waals surface area contributed by atoms with E-state index in [1.807, 2.05) is 18.2 Å². The second-order valence-corrected chi connectivity index (χ2v) is 2.28. The Balaban J connectivity index is 2.55. The predicted octanol–water partition coefficient (Wildman–Crippen LogP) is 2.05. The molecule has 3 heteroatoms. The van der Waals surface area contributed by atoms with Crippen LogP contribution in [0, 0.1) is 10.1 Å². The minimum absolute atomic E-state index is 0.455. The third-order valence-electron chi connectivity index (χ3n) is 1.41. The molecule has 0 radical (unpaired) electrons. The molecule has 0 aliphatic heterocycles. The highest BCUT2D eigenvalue weighted by Crippen LogP contribution is 2.09. The van der Waals surface area contributed by atoms with Crippen LogP contribution in [0.4, 0.5) is 0 Å². The SMILES string of the molecule is O=[N+]([O-])C=CC1=CCCC=C1. The molecule has 0 bridgehead atoms. The zero-order valence-corrected chi connectivity index (χ0v) is 6.06.